The lowest BCUT2D eigenvalue weighted by Crippen LogP contribution is -2.62. The lowest BCUT2D eigenvalue weighted by atomic mass is 9.92. The zero-order chi connectivity index (χ0) is 22.4. The molecule has 0 aliphatic carbocycles. The van der Waals surface area contributed by atoms with Crippen LogP contribution in [0.25, 0.3) is 0 Å². The van der Waals surface area contributed by atoms with E-state index in [2.05, 4.69) is 21.0 Å². The molecule has 0 saturated carbocycles. The monoisotopic (exact) mass is 422 g/mol. The summed E-state index contributed by atoms with van der Waals surface area (Å²) in [5, 5.41) is 16.8. The first kappa shape index (κ1) is 22.3. The van der Waals surface area contributed by atoms with Gasteiger partial charge in [-0.2, -0.15) is 5.01 Å². The van der Waals surface area contributed by atoms with Crippen molar-refractivity contribution in [1.82, 2.24) is 20.8 Å². The summed E-state index contributed by atoms with van der Waals surface area (Å²) in [7, 11) is 0. The number of nitrogens with zero attached hydrogens (tertiary/aromatic N) is 4. The summed E-state index contributed by atoms with van der Waals surface area (Å²) in [5.41, 5.74) is 0.896. The zero-order valence-corrected chi connectivity index (χ0v) is 18.4. The van der Waals surface area contributed by atoms with E-state index in [4.69, 9.17) is 0 Å². The molecule has 0 saturated heterocycles. The van der Waals surface area contributed by atoms with Gasteiger partial charge < -0.3 is 10.6 Å². The molecule has 8 nitrogen and oxygen atoms in total. The summed E-state index contributed by atoms with van der Waals surface area (Å²) in [6, 6.07) is 18.4. The molecule has 1 aliphatic heterocycles. The number of urea groups is 2. The second-order valence-corrected chi connectivity index (χ2v) is 8.31. The van der Waals surface area contributed by atoms with Crippen LogP contribution in [0.3, 0.4) is 0 Å². The van der Waals surface area contributed by atoms with E-state index in [0.29, 0.717) is 12.8 Å². The predicted molar refractivity (Wildman–Crippen MR) is 119 cm³/mol. The van der Waals surface area contributed by atoms with E-state index in [-0.39, 0.29) is 12.1 Å². The SMILES string of the molecule is CC(C)NC(=O)N1N=NC(Cc2ccccc2)(Cc2ccccc2)N1C(=O)NC(C)C. The van der Waals surface area contributed by atoms with Crippen LogP contribution in [0.5, 0.6) is 0 Å². The van der Waals surface area contributed by atoms with E-state index < -0.39 is 17.7 Å². The van der Waals surface area contributed by atoms with Crippen LogP contribution in [0.15, 0.2) is 71.0 Å². The minimum atomic E-state index is -1.09. The number of amides is 4. The van der Waals surface area contributed by atoms with Crippen LogP contribution in [0.4, 0.5) is 9.59 Å². The van der Waals surface area contributed by atoms with Crippen molar-refractivity contribution in [2.24, 2.45) is 10.3 Å². The Morgan fingerprint density at radius 2 is 1.26 bits per heavy atom. The molecule has 31 heavy (non-hydrogen) atoms. The molecule has 3 rings (SSSR count). The van der Waals surface area contributed by atoms with Crippen molar-refractivity contribution in [3.63, 3.8) is 0 Å². The van der Waals surface area contributed by atoms with Crippen LogP contribution in [-0.2, 0) is 12.8 Å². The van der Waals surface area contributed by atoms with Gasteiger partial charge in [-0.25, -0.2) is 9.59 Å². The topological polar surface area (TPSA) is 89.4 Å². The van der Waals surface area contributed by atoms with Crippen molar-refractivity contribution < 1.29 is 9.59 Å². The van der Waals surface area contributed by atoms with E-state index in [1.807, 2.05) is 88.4 Å². The standard InChI is InChI=1S/C23H30N6O2/c1-17(2)24-21(30)28-23(15-19-11-7-5-8-12-19,16-20-13-9-6-10-14-20)26-27-29(28)22(31)25-18(3)4/h5-14,17-18H,15-16H2,1-4H3,(H,24,30)(H,25,31). The molecular weight excluding hydrogens is 392 g/mol. The van der Waals surface area contributed by atoms with Gasteiger partial charge in [-0.15, -0.1) is 5.11 Å². The quantitative estimate of drug-likeness (QED) is 0.727. The molecule has 4 amide bonds. The highest BCUT2D eigenvalue weighted by atomic mass is 16.2. The second kappa shape index (κ2) is 9.59. The van der Waals surface area contributed by atoms with Gasteiger partial charge in [-0.1, -0.05) is 65.8 Å². The average Bonchev–Trinajstić information content (AvgIpc) is 3.07. The van der Waals surface area contributed by atoms with Crippen molar-refractivity contribution in [3.8, 4) is 0 Å². The molecule has 2 aromatic rings. The number of hydrogen-bond acceptors (Lipinski definition) is 4. The van der Waals surface area contributed by atoms with Gasteiger partial charge in [0, 0.05) is 24.9 Å². The summed E-state index contributed by atoms with van der Waals surface area (Å²) in [6.45, 7) is 7.45. The first-order valence-electron chi connectivity index (χ1n) is 10.5. The first-order chi connectivity index (χ1) is 14.8. The minimum Gasteiger partial charge on any atom is -0.334 e. The van der Waals surface area contributed by atoms with Crippen molar-refractivity contribution in [2.45, 2.75) is 58.3 Å². The van der Waals surface area contributed by atoms with Crippen LogP contribution in [-0.4, -0.2) is 39.9 Å². The third kappa shape index (κ3) is 5.39. The molecule has 0 spiro atoms. The highest BCUT2D eigenvalue weighted by Crippen LogP contribution is 2.35. The third-order valence-corrected chi connectivity index (χ3v) is 4.76. The van der Waals surface area contributed by atoms with Gasteiger partial charge in [0.25, 0.3) is 0 Å². The molecule has 8 heteroatoms. The average molecular weight is 423 g/mol. The summed E-state index contributed by atoms with van der Waals surface area (Å²) in [6.07, 6.45) is 0.812. The molecule has 0 fully saturated rings. The predicted octanol–water partition coefficient (Wildman–Crippen LogP) is 4.30. The van der Waals surface area contributed by atoms with Crippen LogP contribution in [0.2, 0.25) is 0 Å². The fourth-order valence-electron chi connectivity index (χ4n) is 3.53. The molecule has 0 aromatic heterocycles. The van der Waals surface area contributed by atoms with Crippen molar-refractivity contribution in [3.05, 3.63) is 71.8 Å². The summed E-state index contributed by atoms with van der Waals surface area (Å²) < 4.78 is 0. The molecule has 1 aliphatic rings. The maximum absolute atomic E-state index is 13.3. The van der Waals surface area contributed by atoms with Gasteiger partial charge in [-0.05, 0) is 44.0 Å². The number of hydrazine groups is 1. The Morgan fingerprint density at radius 1 is 0.806 bits per heavy atom. The summed E-state index contributed by atoms with van der Waals surface area (Å²) in [5.74, 6) is 0. The Labute approximate surface area is 183 Å². The fourth-order valence-corrected chi connectivity index (χ4v) is 3.53. The number of rotatable bonds is 6. The van der Waals surface area contributed by atoms with Crippen molar-refractivity contribution >= 4 is 12.1 Å². The first-order valence-corrected chi connectivity index (χ1v) is 10.5. The fraction of sp³-hybridized carbons (Fsp3) is 0.391. The molecular formula is C23H30N6O2. The Kier molecular flexibility index (Phi) is 6.89. The Hall–Kier alpha value is -3.42. The Bertz CT molecular complexity index is 873. The Morgan fingerprint density at radius 3 is 1.71 bits per heavy atom. The number of carbonyl (C=O) groups excluding carboxylic acids is 2. The molecule has 0 bridgehead atoms. The van der Waals surface area contributed by atoms with E-state index in [1.165, 1.54) is 5.01 Å². The van der Waals surface area contributed by atoms with Crippen molar-refractivity contribution in [2.75, 3.05) is 0 Å². The largest absolute Gasteiger partial charge is 0.359 e. The molecule has 2 N–H and O–H groups in total. The van der Waals surface area contributed by atoms with Crippen LogP contribution < -0.4 is 10.6 Å². The van der Waals surface area contributed by atoms with Gasteiger partial charge >= 0.3 is 12.1 Å². The maximum Gasteiger partial charge on any atom is 0.359 e. The van der Waals surface area contributed by atoms with Gasteiger partial charge in [0.05, 0.1) is 0 Å². The number of carbonyl (C=O) groups is 2. The second-order valence-electron chi connectivity index (χ2n) is 8.31. The van der Waals surface area contributed by atoms with Crippen LogP contribution in [0.1, 0.15) is 38.8 Å². The van der Waals surface area contributed by atoms with Gasteiger partial charge in [0.1, 0.15) is 0 Å². The minimum absolute atomic E-state index is 0.115. The highest BCUT2D eigenvalue weighted by molar-refractivity contribution is 5.81. The molecule has 2 aromatic carbocycles. The molecule has 1 heterocycles. The van der Waals surface area contributed by atoms with Gasteiger partial charge in [0.2, 0.25) is 0 Å². The highest BCUT2D eigenvalue weighted by Gasteiger charge is 2.50. The lowest BCUT2D eigenvalue weighted by molar-refractivity contribution is 0.00343. The molecule has 0 radical (unpaired) electrons. The van der Waals surface area contributed by atoms with Gasteiger partial charge in [0.15, 0.2) is 5.66 Å². The number of benzene rings is 2. The lowest BCUT2D eigenvalue weighted by Gasteiger charge is -2.37. The Balaban J connectivity index is 2.05. The number of nitrogens with one attached hydrogen (secondary N) is 2. The molecule has 164 valence electrons. The van der Waals surface area contributed by atoms with Crippen LogP contribution >= 0.6 is 0 Å². The van der Waals surface area contributed by atoms with Crippen molar-refractivity contribution in [1.29, 1.82) is 0 Å². The molecule has 0 unspecified atom stereocenters. The van der Waals surface area contributed by atoms with E-state index in [1.54, 1.807) is 0 Å². The smallest absolute Gasteiger partial charge is 0.334 e. The maximum atomic E-state index is 13.3. The van der Waals surface area contributed by atoms with Gasteiger partial charge in [-0.3, -0.25) is 0 Å². The van der Waals surface area contributed by atoms with E-state index in [0.717, 1.165) is 16.2 Å². The summed E-state index contributed by atoms with van der Waals surface area (Å²) in [4.78, 5) is 26.2. The summed E-state index contributed by atoms with van der Waals surface area (Å²) >= 11 is 0. The number of hydrogen-bond donors (Lipinski definition) is 2. The van der Waals surface area contributed by atoms with E-state index in [9.17, 15) is 9.59 Å². The molecule has 0 atom stereocenters. The zero-order valence-electron chi connectivity index (χ0n) is 18.4. The van der Waals surface area contributed by atoms with Crippen LogP contribution in [0, 0.1) is 0 Å². The third-order valence-electron chi connectivity index (χ3n) is 4.76. The normalized spacial score (nSPS) is 14.9. The van der Waals surface area contributed by atoms with E-state index >= 15 is 0 Å².